The summed E-state index contributed by atoms with van der Waals surface area (Å²) in [6.07, 6.45) is 1.70. The van der Waals surface area contributed by atoms with Gasteiger partial charge in [0, 0.05) is 7.11 Å². The molecule has 1 aromatic carbocycles. The van der Waals surface area contributed by atoms with Crippen LogP contribution in [0.2, 0.25) is 0 Å². The highest BCUT2D eigenvalue weighted by Crippen LogP contribution is 2.49. The van der Waals surface area contributed by atoms with E-state index in [1.165, 1.54) is 12.0 Å². The third-order valence-corrected chi connectivity index (χ3v) is 3.04. The summed E-state index contributed by atoms with van der Waals surface area (Å²) >= 11 is 0. The van der Waals surface area contributed by atoms with E-state index in [1.54, 1.807) is 7.11 Å². The summed E-state index contributed by atoms with van der Waals surface area (Å²) in [4.78, 5) is 0. The molecule has 70 valence electrons. The van der Waals surface area contributed by atoms with Crippen molar-refractivity contribution in [3.8, 4) is 0 Å². The Hall–Kier alpha value is -0.820. The van der Waals surface area contributed by atoms with Crippen molar-refractivity contribution in [3.63, 3.8) is 0 Å². The first kappa shape index (κ1) is 8.76. The molecule has 1 aromatic rings. The molecule has 0 aliphatic heterocycles. The largest absolute Gasteiger partial charge is 0.381 e. The zero-order valence-electron chi connectivity index (χ0n) is 8.23. The van der Waals surface area contributed by atoms with Crippen molar-refractivity contribution in [2.45, 2.75) is 25.4 Å². The molecule has 0 radical (unpaired) electrons. The van der Waals surface area contributed by atoms with Gasteiger partial charge in [0.2, 0.25) is 0 Å². The Balaban J connectivity index is 2.00. The average Bonchev–Trinajstić information content (AvgIpc) is 2.98. The average molecular weight is 176 g/mol. The van der Waals surface area contributed by atoms with Crippen LogP contribution in [0.4, 0.5) is 0 Å². The van der Waals surface area contributed by atoms with E-state index in [9.17, 15) is 0 Å². The highest BCUT2D eigenvalue weighted by molar-refractivity contribution is 5.26. The minimum atomic E-state index is 0.408. The number of ether oxygens (including phenoxy) is 1. The predicted octanol–water partition coefficient (Wildman–Crippen LogP) is 2.83. The molecule has 0 amide bonds. The molecule has 1 nitrogen and oxygen atoms in total. The van der Waals surface area contributed by atoms with E-state index in [0.29, 0.717) is 6.10 Å². The van der Waals surface area contributed by atoms with Crippen LogP contribution in [0.5, 0.6) is 0 Å². The van der Waals surface area contributed by atoms with Gasteiger partial charge in [-0.05, 0) is 30.7 Å². The minimum Gasteiger partial charge on any atom is -0.381 e. The van der Waals surface area contributed by atoms with Crippen molar-refractivity contribution in [1.29, 1.82) is 0 Å². The van der Waals surface area contributed by atoms with Crippen LogP contribution in [0, 0.1) is 5.92 Å². The maximum Gasteiger partial charge on any atom is 0.0577 e. The molecule has 13 heavy (non-hydrogen) atoms. The highest BCUT2D eigenvalue weighted by atomic mass is 16.5. The Morgan fingerprint density at radius 3 is 2.62 bits per heavy atom. The molecule has 1 aliphatic rings. The van der Waals surface area contributed by atoms with E-state index in [4.69, 9.17) is 4.74 Å². The summed E-state index contributed by atoms with van der Waals surface area (Å²) in [6.45, 7) is 2.16. The Morgan fingerprint density at radius 2 is 2.00 bits per heavy atom. The molecule has 0 saturated heterocycles. The molecule has 0 bridgehead atoms. The van der Waals surface area contributed by atoms with E-state index >= 15 is 0 Å². The fourth-order valence-electron chi connectivity index (χ4n) is 1.99. The Morgan fingerprint density at radius 1 is 1.31 bits per heavy atom. The minimum absolute atomic E-state index is 0.408. The molecule has 1 heteroatoms. The van der Waals surface area contributed by atoms with Crippen LogP contribution in [-0.2, 0) is 4.74 Å². The van der Waals surface area contributed by atoms with Crippen LogP contribution in [0.3, 0.4) is 0 Å². The monoisotopic (exact) mass is 176 g/mol. The van der Waals surface area contributed by atoms with Crippen LogP contribution in [0.1, 0.15) is 24.8 Å². The zero-order chi connectivity index (χ0) is 9.26. The quantitative estimate of drug-likeness (QED) is 0.688. The molecule has 0 aromatic heterocycles. The lowest BCUT2D eigenvalue weighted by Crippen LogP contribution is -2.08. The fraction of sp³-hybridized carbons (Fsp3) is 0.500. The lowest BCUT2D eigenvalue weighted by Gasteiger charge is -2.08. The Kier molecular flexibility index (Phi) is 2.36. The lowest BCUT2D eigenvalue weighted by atomic mass is 10.1. The van der Waals surface area contributed by atoms with Crippen LogP contribution < -0.4 is 0 Å². The first-order chi connectivity index (χ1) is 6.33. The zero-order valence-corrected chi connectivity index (χ0v) is 8.23. The van der Waals surface area contributed by atoms with Gasteiger partial charge in [-0.25, -0.2) is 0 Å². The highest BCUT2D eigenvalue weighted by Gasteiger charge is 2.41. The standard InChI is InChI=1S/C12H16O/c1-9(13-2)11-8-12(11)10-6-4-3-5-7-10/h3-7,9,11-12H,8H2,1-2H3/t9-,11+,12-/m1/s1. The molecule has 0 N–H and O–H groups in total. The summed E-state index contributed by atoms with van der Waals surface area (Å²) in [6, 6.07) is 10.7. The summed E-state index contributed by atoms with van der Waals surface area (Å²) in [7, 11) is 1.80. The van der Waals surface area contributed by atoms with Crippen molar-refractivity contribution < 1.29 is 4.74 Å². The van der Waals surface area contributed by atoms with Crippen LogP contribution in [0.15, 0.2) is 30.3 Å². The second-order valence-corrected chi connectivity index (χ2v) is 3.86. The fourth-order valence-corrected chi connectivity index (χ4v) is 1.99. The van der Waals surface area contributed by atoms with Crippen LogP contribution >= 0.6 is 0 Å². The third-order valence-electron chi connectivity index (χ3n) is 3.04. The van der Waals surface area contributed by atoms with E-state index in [1.807, 2.05) is 0 Å². The van der Waals surface area contributed by atoms with Gasteiger partial charge in [-0.3, -0.25) is 0 Å². The number of methoxy groups -OCH3 is 1. The Bertz CT molecular complexity index is 268. The van der Waals surface area contributed by atoms with E-state index < -0.39 is 0 Å². The maximum absolute atomic E-state index is 5.33. The third kappa shape index (κ3) is 1.75. The van der Waals surface area contributed by atoms with Crippen molar-refractivity contribution >= 4 is 0 Å². The molecule has 1 fully saturated rings. The molecule has 1 saturated carbocycles. The van der Waals surface area contributed by atoms with Gasteiger partial charge in [0.15, 0.2) is 0 Å². The molecule has 0 heterocycles. The van der Waals surface area contributed by atoms with Gasteiger partial charge in [-0.2, -0.15) is 0 Å². The van der Waals surface area contributed by atoms with Gasteiger partial charge in [0.25, 0.3) is 0 Å². The summed E-state index contributed by atoms with van der Waals surface area (Å²) < 4.78 is 5.33. The van der Waals surface area contributed by atoms with Gasteiger partial charge in [0.05, 0.1) is 6.10 Å². The molecule has 1 aliphatic carbocycles. The van der Waals surface area contributed by atoms with Crippen molar-refractivity contribution in [3.05, 3.63) is 35.9 Å². The predicted molar refractivity (Wildman–Crippen MR) is 53.8 cm³/mol. The number of hydrogen-bond acceptors (Lipinski definition) is 1. The number of hydrogen-bond donors (Lipinski definition) is 0. The van der Waals surface area contributed by atoms with Gasteiger partial charge in [-0.15, -0.1) is 0 Å². The van der Waals surface area contributed by atoms with Crippen LogP contribution in [0.25, 0.3) is 0 Å². The normalized spacial score (nSPS) is 28.5. The van der Waals surface area contributed by atoms with Gasteiger partial charge in [-0.1, -0.05) is 30.3 Å². The van der Waals surface area contributed by atoms with Crippen molar-refractivity contribution in [2.24, 2.45) is 5.92 Å². The smallest absolute Gasteiger partial charge is 0.0577 e. The summed E-state index contributed by atoms with van der Waals surface area (Å²) in [5, 5.41) is 0. The maximum atomic E-state index is 5.33. The molecular formula is C12H16O. The summed E-state index contributed by atoms with van der Waals surface area (Å²) in [5.41, 5.74) is 1.47. The SMILES string of the molecule is CO[C@H](C)[C@@H]1C[C@@H]1c1ccccc1. The van der Waals surface area contributed by atoms with E-state index in [2.05, 4.69) is 37.3 Å². The van der Waals surface area contributed by atoms with Crippen LogP contribution in [-0.4, -0.2) is 13.2 Å². The van der Waals surface area contributed by atoms with E-state index in [-0.39, 0.29) is 0 Å². The van der Waals surface area contributed by atoms with Crippen molar-refractivity contribution in [1.82, 2.24) is 0 Å². The second-order valence-electron chi connectivity index (χ2n) is 3.86. The topological polar surface area (TPSA) is 9.23 Å². The molecule has 2 rings (SSSR count). The number of rotatable bonds is 3. The molecular weight excluding hydrogens is 160 g/mol. The van der Waals surface area contributed by atoms with Gasteiger partial charge < -0.3 is 4.74 Å². The number of benzene rings is 1. The molecule has 0 unspecified atom stereocenters. The van der Waals surface area contributed by atoms with Crippen molar-refractivity contribution in [2.75, 3.05) is 7.11 Å². The lowest BCUT2D eigenvalue weighted by molar-refractivity contribution is 0.0984. The second kappa shape index (κ2) is 3.51. The molecule has 3 atom stereocenters. The first-order valence-electron chi connectivity index (χ1n) is 4.90. The Labute approximate surface area is 79.7 Å². The first-order valence-corrected chi connectivity index (χ1v) is 4.90. The summed E-state index contributed by atoms with van der Waals surface area (Å²) in [5.74, 6) is 1.49. The van der Waals surface area contributed by atoms with Gasteiger partial charge >= 0.3 is 0 Å². The molecule has 0 spiro atoms. The van der Waals surface area contributed by atoms with Gasteiger partial charge in [0.1, 0.15) is 0 Å². The van der Waals surface area contributed by atoms with E-state index in [0.717, 1.165) is 11.8 Å².